The molecule has 96 valence electrons. The number of nitrogens with zero attached hydrogens (tertiary/aromatic N) is 2. The molecule has 1 atom stereocenters. The van der Waals surface area contributed by atoms with Crippen molar-refractivity contribution in [1.29, 1.82) is 0 Å². The normalized spacial score (nSPS) is 12.3. The number of hydrogen-bond donors (Lipinski definition) is 0. The maximum absolute atomic E-state index is 5.70. The Morgan fingerprint density at radius 3 is 2.67 bits per heavy atom. The minimum atomic E-state index is 0.616. The van der Waals surface area contributed by atoms with Gasteiger partial charge >= 0.3 is 0 Å². The van der Waals surface area contributed by atoms with Crippen molar-refractivity contribution in [2.45, 2.75) is 32.7 Å². The van der Waals surface area contributed by atoms with Crippen LogP contribution in [0.2, 0.25) is 0 Å². The molecule has 0 aliphatic rings. The highest BCUT2D eigenvalue weighted by Gasteiger charge is 2.02. The summed E-state index contributed by atoms with van der Waals surface area (Å²) in [5.74, 6) is 1.55. The third kappa shape index (κ3) is 3.36. The van der Waals surface area contributed by atoms with Crippen molar-refractivity contribution in [3.05, 3.63) is 48.5 Å². The average Bonchev–Trinajstić information content (AvgIpc) is 2.92. The summed E-state index contributed by atoms with van der Waals surface area (Å²) < 4.78 is 7.71. The van der Waals surface area contributed by atoms with E-state index in [0.29, 0.717) is 12.5 Å². The predicted molar refractivity (Wildman–Crippen MR) is 72.9 cm³/mol. The quantitative estimate of drug-likeness (QED) is 0.778. The van der Waals surface area contributed by atoms with Crippen LogP contribution in [0.25, 0.3) is 0 Å². The lowest BCUT2D eigenvalue weighted by Crippen LogP contribution is -2.06. The van der Waals surface area contributed by atoms with E-state index in [1.165, 1.54) is 12.0 Å². The van der Waals surface area contributed by atoms with E-state index in [0.717, 1.165) is 12.3 Å². The van der Waals surface area contributed by atoms with Crippen molar-refractivity contribution in [2.75, 3.05) is 6.61 Å². The molecular weight excluding hydrogens is 224 g/mol. The molecule has 3 heteroatoms. The van der Waals surface area contributed by atoms with Crippen molar-refractivity contribution in [3.63, 3.8) is 0 Å². The molecular formula is C15H20N2O. The van der Waals surface area contributed by atoms with Crippen molar-refractivity contribution >= 4 is 0 Å². The Morgan fingerprint density at radius 2 is 2.06 bits per heavy atom. The Labute approximate surface area is 108 Å². The van der Waals surface area contributed by atoms with Crippen LogP contribution in [-0.4, -0.2) is 16.2 Å². The summed E-state index contributed by atoms with van der Waals surface area (Å²) in [5, 5.41) is 0. The molecule has 2 rings (SSSR count). The number of ether oxygens (including phenoxy) is 1. The van der Waals surface area contributed by atoms with Crippen LogP contribution in [0, 0.1) is 0 Å². The molecule has 0 saturated carbocycles. The maximum atomic E-state index is 5.70. The molecule has 0 radical (unpaired) electrons. The Balaban J connectivity index is 1.83. The number of aromatic nitrogens is 2. The third-order valence-electron chi connectivity index (χ3n) is 3.24. The largest absolute Gasteiger partial charge is 0.492 e. The molecule has 0 bridgehead atoms. The fourth-order valence-corrected chi connectivity index (χ4v) is 1.82. The van der Waals surface area contributed by atoms with E-state index in [1.807, 2.05) is 10.8 Å². The molecule has 0 unspecified atom stereocenters. The van der Waals surface area contributed by atoms with Crippen LogP contribution in [0.3, 0.4) is 0 Å². The number of imidazole rings is 1. The van der Waals surface area contributed by atoms with Crippen molar-refractivity contribution in [2.24, 2.45) is 0 Å². The molecule has 1 aromatic heterocycles. The molecule has 0 aliphatic carbocycles. The van der Waals surface area contributed by atoms with Gasteiger partial charge in [0.1, 0.15) is 12.4 Å². The number of hydrogen-bond acceptors (Lipinski definition) is 2. The lowest BCUT2D eigenvalue weighted by molar-refractivity contribution is 0.298. The van der Waals surface area contributed by atoms with Gasteiger partial charge in [0.15, 0.2) is 0 Å². The SMILES string of the molecule is CC[C@H](C)c1ccc(OCCn2ccnc2)cc1. The molecule has 0 amide bonds. The van der Waals surface area contributed by atoms with E-state index < -0.39 is 0 Å². The third-order valence-corrected chi connectivity index (χ3v) is 3.24. The summed E-state index contributed by atoms with van der Waals surface area (Å²) in [7, 11) is 0. The Hall–Kier alpha value is -1.77. The Bertz CT molecular complexity index is 448. The standard InChI is InChI=1S/C15H20N2O/c1-3-13(2)14-4-6-15(7-5-14)18-11-10-17-9-8-16-12-17/h4-9,12-13H,3,10-11H2,1-2H3/t13-/m0/s1. The summed E-state index contributed by atoms with van der Waals surface area (Å²) >= 11 is 0. The van der Waals surface area contributed by atoms with Crippen LogP contribution in [0.5, 0.6) is 5.75 Å². The van der Waals surface area contributed by atoms with Gasteiger partial charge in [0.2, 0.25) is 0 Å². The van der Waals surface area contributed by atoms with Gasteiger partial charge in [-0.3, -0.25) is 0 Å². The Morgan fingerprint density at radius 1 is 1.28 bits per heavy atom. The van der Waals surface area contributed by atoms with Crippen LogP contribution in [0.4, 0.5) is 0 Å². The van der Waals surface area contributed by atoms with Crippen molar-refractivity contribution in [1.82, 2.24) is 9.55 Å². The first-order chi connectivity index (χ1) is 8.79. The van der Waals surface area contributed by atoms with E-state index >= 15 is 0 Å². The van der Waals surface area contributed by atoms with E-state index in [4.69, 9.17) is 4.74 Å². The van der Waals surface area contributed by atoms with Crippen LogP contribution < -0.4 is 4.74 Å². The number of benzene rings is 1. The van der Waals surface area contributed by atoms with Crippen LogP contribution in [-0.2, 0) is 6.54 Å². The topological polar surface area (TPSA) is 27.1 Å². The molecule has 1 heterocycles. The average molecular weight is 244 g/mol. The smallest absolute Gasteiger partial charge is 0.119 e. The van der Waals surface area contributed by atoms with Gasteiger partial charge in [-0.25, -0.2) is 4.98 Å². The highest BCUT2D eigenvalue weighted by atomic mass is 16.5. The van der Waals surface area contributed by atoms with Crippen molar-refractivity contribution in [3.8, 4) is 5.75 Å². The lowest BCUT2D eigenvalue weighted by atomic mass is 9.99. The second-order valence-corrected chi connectivity index (χ2v) is 4.53. The molecule has 1 aromatic carbocycles. The fourth-order valence-electron chi connectivity index (χ4n) is 1.82. The molecule has 0 aliphatic heterocycles. The molecule has 0 fully saturated rings. The van der Waals surface area contributed by atoms with Crippen LogP contribution in [0.15, 0.2) is 43.0 Å². The minimum Gasteiger partial charge on any atom is -0.492 e. The molecule has 0 spiro atoms. The van der Waals surface area contributed by atoms with Gasteiger partial charge < -0.3 is 9.30 Å². The molecule has 0 saturated heterocycles. The van der Waals surface area contributed by atoms with E-state index in [9.17, 15) is 0 Å². The monoisotopic (exact) mass is 244 g/mol. The highest BCUT2D eigenvalue weighted by Crippen LogP contribution is 2.21. The first kappa shape index (κ1) is 12.7. The summed E-state index contributed by atoms with van der Waals surface area (Å²) in [6.07, 6.45) is 6.69. The van der Waals surface area contributed by atoms with Gasteiger partial charge in [0, 0.05) is 12.4 Å². The lowest BCUT2D eigenvalue weighted by Gasteiger charge is -2.11. The molecule has 3 nitrogen and oxygen atoms in total. The van der Waals surface area contributed by atoms with Gasteiger partial charge in [-0.2, -0.15) is 0 Å². The van der Waals surface area contributed by atoms with Gasteiger partial charge in [0.25, 0.3) is 0 Å². The van der Waals surface area contributed by atoms with E-state index in [-0.39, 0.29) is 0 Å². The molecule has 2 aromatic rings. The highest BCUT2D eigenvalue weighted by molar-refractivity contribution is 5.29. The van der Waals surface area contributed by atoms with E-state index in [1.54, 1.807) is 12.5 Å². The van der Waals surface area contributed by atoms with Gasteiger partial charge in [-0.1, -0.05) is 26.0 Å². The summed E-state index contributed by atoms with van der Waals surface area (Å²) in [4.78, 5) is 4.00. The minimum absolute atomic E-state index is 0.616. The summed E-state index contributed by atoms with van der Waals surface area (Å²) in [6, 6.07) is 8.41. The zero-order chi connectivity index (χ0) is 12.8. The molecule has 0 N–H and O–H groups in total. The zero-order valence-corrected chi connectivity index (χ0v) is 11.0. The number of rotatable bonds is 6. The van der Waals surface area contributed by atoms with Crippen molar-refractivity contribution < 1.29 is 4.74 Å². The molecule has 18 heavy (non-hydrogen) atoms. The maximum Gasteiger partial charge on any atom is 0.119 e. The first-order valence-corrected chi connectivity index (χ1v) is 6.48. The summed E-state index contributed by atoms with van der Waals surface area (Å²) in [5.41, 5.74) is 1.37. The van der Waals surface area contributed by atoms with Crippen LogP contribution in [0.1, 0.15) is 31.7 Å². The zero-order valence-electron chi connectivity index (χ0n) is 11.0. The second kappa shape index (κ2) is 6.24. The predicted octanol–water partition coefficient (Wildman–Crippen LogP) is 3.48. The van der Waals surface area contributed by atoms with Gasteiger partial charge in [-0.15, -0.1) is 0 Å². The van der Waals surface area contributed by atoms with Crippen LogP contribution >= 0.6 is 0 Å². The van der Waals surface area contributed by atoms with Gasteiger partial charge in [-0.05, 0) is 30.0 Å². The Kier molecular flexibility index (Phi) is 4.40. The fraction of sp³-hybridized carbons (Fsp3) is 0.400. The second-order valence-electron chi connectivity index (χ2n) is 4.53. The van der Waals surface area contributed by atoms with Gasteiger partial charge in [0.05, 0.1) is 12.9 Å². The first-order valence-electron chi connectivity index (χ1n) is 6.48. The summed E-state index contributed by atoms with van der Waals surface area (Å²) in [6.45, 7) is 5.95. The van der Waals surface area contributed by atoms with E-state index in [2.05, 4.69) is 43.1 Å².